The van der Waals surface area contributed by atoms with Gasteiger partial charge in [-0.2, -0.15) is 5.10 Å². The molecule has 1 amide bonds. The Morgan fingerprint density at radius 1 is 1.04 bits per heavy atom. The van der Waals surface area contributed by atoms with Gasteiger partial charge in [0.25, 0.3) is 0 Å². The van der Waals surface area contributed by atoms with Gasteiger partial charge in [-0.3, -0.25) is 14.4 Å². The summed E-state index contributed by atoms with van der Waals surface area (Å²) in [6.07, 6.45) is 5.64. The van der Waals surface area contributed by atoms with E-state index >= 15 is 0 Å². The molecule has 0 atom stereocenters. The van der Waals surface area contributed by atoms with Crippen molar-refractivity contribution in [2.45, 2.75) is 6.92 Å². The third-order valence-electron chi connectivity index (χ3n) is 5.31. The molecule has 28 heavy (non-hydrogen) atoms. The van der Waals surface area contributed by atoms with Gasteiger partial charge in [-0.05, 0) is 29.6 Å². The molecule has 7 nitrogen and oxygen atoms in total. The molecule has 1 N–H and O–H groups in total. The first-order valence-corrected chi connectivity index (χ1v) is 9.74. The number of aryl methyl sites for hydroxylation is 1. The van der Waals surface area contributed by atoms with Crippen LogP contribution < -0.4 is 5.32 Å². The average molecular weight is 378 g/mol. The van der Waals surface area contributed by atoms with E-state index in [1.807, 2.05) is 31.6 Å². The van der Waals surface area contributed by atoms with Crippen molar-refractivity contribution < 1.29 is 4.79 Å². The molecule has 0 unspecified atom stereocenters. The number of pyridine rings is 1. The van der Waals surface area contributed by atoms with Crippen molar-refractivity contribution in [2.24, 2.45) is 7.05 Å². The Morgan fingerprint density at radius 3 is 2.54 bits per heavy atom. The fourth-order valence-electron chi connectivity index (χ4n) is 3.61. The maximum absolute atomic E-state index is 12.4. The molecule has 0 aliphatic carbocycles. The largest absolute Gasteiger partial charge is 0.310 e. The molecule has 0 saturated carbocycles. The second kappa shape index (κ2) is 8.08. The van der Waals surface area contributed by atoms with Crippen LogP contribution in [0.1, 0.15) is 6.92 Å². The second-order valence-corrected chi connectivity index (χ2v) is 7.29. The Morgan fingerprint density at radius 2 is 1.82 bits per heavy atom. The van der Waals surface area contributed by atoms with E-state index in [2.05, 4.69) is 44.3 Å². The number of carbonyl (C=O) groups excluding carboxylic acids is 1. The summed E-state index contributed by atoms with van der Waals surface area (Å²) in [5, 5.41) is 9.27. The summed E-state index contributed by atoms with van der Waals surface area (Å²) in [4.78, 5) is 21.4. The maximum atomic E-state index is 12.4. The van der Waals surface area contributed by atoms with Crippen LogP contribution >= 0.6 is 0 Å². The molecule has 3 heterocycles. The first-order valence-electron chi connectivity index (χ1n) is 9.74. The summed E-state index contributed by atoms with van der Waals surface area (Å²) in [6.45, 7) is 7.56. The summed E-state index contributed by atoms with van der Waals surface area (Å²) in [5.41, 5.74) is 2.16. The van der Waals surface area contributed by atoms with Gasteiger partial charge >= 0.3 is 0 Å². The van der Waals surface area contributed by atoms with E-state index in [9.17, 15) is 4.79 Å². The van der Waals surface area contributed by atoms with Crippen molar-refractivity contribution >= 4 is 22.5 Å². The zero-order valence-corrected chi connectivity index (χ0v) is 16.4. The van der Waals surface area contributed by atoms with Gasteiger partial charge in [-0.25, -0.2) is 4.98 Å². The molecule has 2 aromatic heterocycles. The highest BCUT2D eigenvalue weighted by Crippen LogP contribution is 2.25. The number of hydrogen-bond donors (Lipinski definition) is 1. The molecule has 0 bridgehead atoms. The molecule has 1 fully saturated rings. The summed E-state index contributed by atoms with van der Waals surface area (Å²) in [7, 11) is 1.91. The molecule has 4 rings (SSSR count). The Kier molecular flexibility index (Phi) is 5.36. The zero-order chi connectivity index (χ0) is 19.5. The number of hydrogen-bond acceptors (Lipinski definition) is 5. The van der Waals surface area contributed by atoms with Crippen LogP contribution in [0, 0.1) is 0 Å². The van der Waals surface area contributed by atoms with Crippen molar-refractivity contribution in [1.82, 2.24) is 24.6 Å². The van der Waals surface area contributed by atoms with Crippen LogP contribution in [0.4, 0.5) is 5.82 Å². The summed E-state index contributed by atoms with van der Waals surface area (Å²) < 4.78 is 1.79. The first kappa shape index (κ1) is 18.6. The van der Waals surface area contributed by atoms with Crippen LogP contribution in [0.15, 0.2) is 42.9 Å². The van der Waals surface area contributed by atoms with Gasteiger partial charge in [-0.1, -0.05) is 19.1 Å². The lowest BCUT2D eigenvalue weighted by molar-refractivity contribution is -0.117. The van der Waals surface area contributed by atoms with E-state index in [4.69, 9.17) is 0 Å². The molecule has 146 valence electrons. The molecule has 3 aromatic rings. The number of nitrogens with zero attached hydrogens (tertiary/aromatic N) is 5. The summed E-state index contributed by atoms with van der Waals surface area (Å²) >= 11 is 0. The first-order chi connectivity index (χ1) is 13.6. The molecular weight excluding hydrogens is 352 g/mol. The molecule has 0 spiro atoms. The predicted molar refractivity (Wildman–Crippen MR) is 111 cm³/mol. The minimum atomic E-state index is -0.0137. The van der Waals surface area contributed by atoms with Gasteiger partial charge < -0.3 is 10.2 Å². The normalized spacial score (nSPS) is 15.8. The highest BCUT2D eigenvalue weighted by atomic mass is 16.2. The number of piperazine rings is 1. The Hall–Kier alpha value is -2.77. The minimum absolute atomic E-state index is 0.0137. The quantitative estimate of drug-likeness (QED) is 0.737. The van der Waals surface area contributed by atoms with Crippen molar-refractivity contribution in [3.8, 4) is 11.1 Å². The number of benzene rings is 1. The number of aromatic nitrogens is 3. The third-order valence-corrected chi connectivity index (χ3v) is 5.31. The third kappa shape index (κ3) is 4.21. The van der Waals surface area contributed by atoms with E-state index in [0.29, 0.717) is 12.4 Å². The summed E-state index contributed by atoms with van der Waals surface area (Å²) in [6, 6.07) is 8.15. The summed E-state index contributed by atoms with van der Waals surface area (Å²) in [5.74, 6) is 0.577. The van der Waals surface area contributed by atoms with Crippen LogP contribution in [0.2, 0.25) is 0 Å². The Bertz CT molecular complexity index is 974. The number of likely N-dealkylation sites (N-methyl/N-ethyl adjacent to an activating group) is 1. The minimum Gasteiger partial charge on any atom is -0.310 e. The molecule has 1 aromatic carbocycles. The van der Waals surface area contributed by atoms with E-state index < -0.39 is 0 Å². The van der Waals surface area contributed by atoms with Gasteiger partial charge in [-0.15, -0.1) is 0 Å². The molecular formula is C21H26N6O. The van der Waals surface area contributed by atoms with Crippen LogP contribution in [-0.4, -0.2) is 69.7 Å². The molecule has 1 saturated heterocycles. The fraction of sp³-hybridized carbons (Fsp3) is 0.381. The monoisotopic (exact) mass is 378 g/mol. The molecule has 7 heteroatoms. The zero-order valence-electron chi connectivity index (χ0n) is 16.4. The SMILES string of the molecule is CCN1CCN(CC(=O)Nc2cc3cc(-c4cnn(C)c4)ccc3cn2)CC1. The maximum Gasteiger partial charge on any atom is 0.239 e. The van der Waals surface area contributed by atoms with Gasteiger partial charge in [0.1, 0.15) is 5.82 Å². The number of rotatable bonds is 5. The average Bonchev–Trinajstić information content (AvgIpc) is 3.14. The number of fused-ring (bicyclic) bond motifs is 1. The van der Waals surface area contributed by atoms with Crippen molar-refractivity contribution in [2.75, 3.05) is 44.6 Å². The Labute approximate surface area is 165 Å². The molecule has 1 aliphatic rings. The highest BCUT2D eigenvalue weighted by Gasteiger charge is 2.18. The molecule has 0 radical (unpaired) electrons. The number of nitrogens with one attached hydrogen (secondary N) is 1. The fourth-order valence-corrected chi connectivity index (χ4v) is 3.61. The lowest BCUT2D eigenvalue weighted by Gasteiger charge is -2.33. The topological polar surface area (TPSA) is 66.3 Å². The van der Waals surface area contributed by atoms with E-state index in [1.54, 1.807) is 10.9 Å². The Balaban J connectivity index is 1.44. The smallest absolute Gasteiger partial charge is 0.239 e. The lowest BCUT2D eigenvalue weighted by atomic mass is 10.1. The van der Waals surface area contributed by atoms with Crippen molar-refractivity contribution in [3.63, 3.8) is 0 Å². The van der Waals surface area contributed by atoms with Crippen molar-refractivity contribution in [3.05, 3.63) is 42.9 Å². The van der Waals surface area contributed by atoms with E-state index in [1.165, 1.54) is 0 Å². The highest BCUT2D eigenvalue weighted by molar-refractivity contribution is 5.94. The predicted octanol–water partition coefficient (Wildman–Crippen LogP) is 2.21. The van der Waals surface area contributed by atoms with Crippen LogP contribution in [0.25, 0.3) is 21.9 Å². The van der Waals surface area contributed by atoms with Crippen LogP contribution in [0.5, 0.6) is 0 Å². The lowest BCUT2D eigenvalue weighted by Crippen LogP contribution is -2.48. The second-order valence-electron chi connectivity index (χ2n) is 7.29. The number of carbonyl (C=O) groups is 1. The van der Waals surface area contributed by atoms with Crippen molar-refractivity contribution in [1.29, 1.82) is 0 Å². The van der Waals surface area contributed by atoms with E-state index in [0.717, 1.165) is 54.6 Å². The standard InChI is InChI=1S/C21H26N6O/c1-3-26-6-8-27(9-7-26)15-21(28)24-20-11-18-10-16(4-5-17(18)12-22-20)19-13-23-25(2)14-19/h4-5,10-14H,3,6-9,15H2,1-2H3,(H,22,24,28). The van der Waals surface area contributed by atoms with Crippen LogP contribution in [-0.2, 0) is 11.8 Å². The molecule has 1 aliphatic heterocycles. The van der Waals surface area contributed by atoms with E-state index in [-0.39, 0.29) is 5.91 Å². The number of anilines is 1. The van der Waals surface area contributed by atoms with Gasteiger partial charge in [0, 0.05) is 56.6 Å². The van der Waals surface area contributed by atoms with Gasteiger partial charge in [0.2, 0.25) is 5.91 Å². The number of amides is 1. The van der Waals surface area contributed by atoms with Crippen LogP contribution in [0.3, 0.4) is 0 Å². The van der Waals surface area contributed by atoms with Gasteiger partial charge in [0.15, 0.2) is 0 Å². The van der Waals surface area contributed by atoms with Gasteiger partial charge in [0.05, 0.1) is 12.7 Å².